The molecule has 15 nitrogen and oxygen atoms in total. The first-order valence-corrected chi connectivity index (χ1v) is 20.0. The molecule has 2 aliphatic carbocycles. The zero-order valence-electron chi connectivity index (χ0n) is 30.0. The number of alkyl halides is 3. The molecule has 302 valence electrons. The van der Waals surface area contributed by atoms with Crippen molar-refractivity contribution in [2.75, 3.05) is 23.7 Å². The molecular weight excluding hydrogens is 768 g/mol. The highest BCUT2D eigenvalue weighted by Crippen LogP contribution is 2.46. The van der Waals surface area contributed by atoms with Gasteiger partial charge in [-0.25, -0.2) is 17.6 Å². The van der Waals surface area contributed by atoms with Crippen LogP contribution >= 0.6 is 0 Å². The van der Waals surface area contributed by atoms with Gasteiger partial charge in [0.2, 0.25) is 21.8 Å². The second kappa shape index (κ2) is 14.8. The largest absolute Gasteiger partial charge is 0.444 e. The number of sulfonamides is 1. The molecule has 0 spiro atoms. The third-order valence-electron chi connectivity index (χ3n) is 11.0. The quantitative estimate of drug-likeness (QED) is 0.173. The number of allylic oxidation sites excluding steroid dienone is 1. The van der Waals surface area contributed by atoms with Gasteiger partial charge in [-0.05, 0) is 50.2 Å². The number of carbonyl (C=O) groups excluding carboxylic acids is 4. The fraction of sp³-hybridized carbons (Fsp3) is 0.556. The molecule has 4 amide bonds. The van der Waals surface area contributed by atoms with Gasteiger partial charge in [0.15, 0.2) is 0 Å². The third kappa shape index (κ3) is 7.97. The minimum absolute atomic E-state index is 0.0287. The van der Waals surface area contributed by atoms with Crippen molar-refractivity contribution in [2.45, 2.75) is 106 Å². The van der Waals surface area contributed by atoms with Gasteiger partial charge in [0.05, 0.1) is 18.3 Å². The van der Waals surface area contributed by atoms with E-state index in [1.807, 2.05) is 11.4 Å². The van der Waals surface area contributed by atoms with Crippen molar-refractivity contribution in [3.05, 3.63) is 67.7 Å². The van der Waals surface area contributed by atoms with E-state index in [0.29, 0.717) is 49.7 Å². The number of hydrogen-bond donors (Lipinski definition) is 4. The molecule has 3 aliphatic heterocycles. The van der Waals surface area contributed by atoms with Gasteiger partial charge in [-0.2, -0.15) is 13.2 Å². The van der Waals surface area contributed by atoms with Crippen molar-refractivity contribution in [2.24, 2.45) is 5.92 Å². The molecule has 20 heteroatoms. The van der Waals surface area contributed by atoms with E-state index in [-0.39, 0.29) is 38.9 Å². The Labute approximate surface area is 317 Å². The van der Waals surface area contributed by atoms with Crippen molar-refractivity contribution in [1.29, 1.82) is 0 Å². The lowest BCUT2D eigenvalue weighted by Crippen LogP contribution is -2.57. The van der Waals surface area contributed by atoms with Crippen molar-refractivity contribution in [3.63, 3.8) is 0 Å². The molecule has 0 radical (unpaired) electrons. The summed E-state index contributed by atoms with van der Waals surface area (Å²) in [5.41, 5.74) is -4.28. The number of amides is 4. The fourth-order valence-electron chi connectivity index (χ4n) is 7.64. The number of rotatable bonds is 8. The van der Waals surface area contributed by atoms with Crippen LogP contribution in [0.25, 0.3) is 0 Å². The summed E-state index contributed by atoms with van der Waals surface area (Å²) in [6.45, 7) is -2.03. The van der Waals surface area contributed by atoms with Crippen molar-refractivity contribution < 1.29 is 49.9 Å². The highest BCUT2D eigenvalue weighted by molar-refractivity contribution is 7.91. The van der Waals surface area contributed by atoms with Crippen molar-refractivity contribution in [3.8, 4) is 0 Å². The third-order valence-corrected chi connectivity index (χ3v) is 12.8. The Morgan fingerprint density at radius 1 is 1.00 bits per heavy atom. The summed E-state index contributed by atoms with van der Waals surface area (Å²) >= 11 is 0. The number of nitrogens with zero attached hydrogens (tertiary/aromatic N) is 2. The van der Waals surface area contributed by atoms with E-state index in [4.69, 9.17) is 4.74 Å². The molecule has 0 bridgehead atoms. The zero-order chi connectivity index (χ0) is 40.2. The predicted octanol–water partition coefficient (Wildman–Crippen LogP) is 2.30. The number of anilines is 2. The second-order valence-electron chi connectivity index (χ2n) is 15.1. The lowest BCUT2D eigenvalue weighted by atomic mass is 10.0. The number of benzene rings is 1. The van der Waals surface area contributed by atoms with Gasteiger partial charge in [-0.15, -0.1) is 0 Å². The number of halogens is 4. The molecule has 5 aliphatic rings. The van der Waals surface area contributed by atoms with E-state index in [1.165, 1.54) is 17.0 Å². The monoisotopic (exact) mass is 808 g/mol. The Bertz CT molecular complexity index is 2150. The van der Waals surface area contributed by atoms with E-state index >= 15 is 0 Å². The molecule has 3 fully saturated rings. The van der Waals surface area contributed by atoms with Crippen LogP contribution in [-0.4, -0.2) is 90.3 Å². The molecule has 7 rings (SSSR count). The molecule has 0 unspecified atom stereocenters. The number of carbonyl (C=O) groups is 4. The first kappa shape index (κ1) is 39.2. The summed E-state index contributed by atoms with van der Waals surface area (Å²) in [6, 6.07) is 1.69. The smallest absolute Gasteiger partial charge is 0.410 e. The number of ether oxygens (including phenoxy) is 1. The van der Waals surface area contributed by atoms with E-state index < -0.39 is 110 Å². The maximum Gasteiger partial charge on any atom is 0.410 e. The topological polar surface area (TPSA) is 200 Å². The molecule has 3 heterocycles. The average molecular weight is 809 g/mol. The Morgan fingerprint density at radius 3 is 2.46 bits per heavy atom. The van der Waals surface area contributed by atoms with E-state index in [1.54, 1.807) is 12.1 Å². The molecule has 2 aromatic carbocycles. The molecule has 5 atom stereocenters. The molecule has 56 heavy (non-hydrogen) atoms. The van der Waals surface area contributed by atoms with Gasteiger partial charge < -0.3 is 25.6 Å². The molecular formula is C36H40F4N6O9S. The molecule has 2 aromatic rings. The van der Waals surface area contributed by atoms with Crippen LogP contribution in [0.5, 0.6) is 0 Å². The maximum atomic E-state index is 14.4. The van der Waals surface area contributed by atoms with E-state index in [2.05, 4.69) is 15.4 Å². The van der Waals surface area contributed by atoms with Gasteiger partial charge >= 0.3 is 12.3 Å². The van der Waals surface area contributed by atoms with Gasteiger partial charge in [-0.3, -0.25) is 33.6 Å². The Morgan fingerprint density at radius 2 is 1.75 bits per heavy atom. The Kier molecular flexibility index (Phi) is 10.4. The Balaban J connectivity index is 1.16. The van der Waals surface area contributed by atoms with Crippen LogP contribution in [-0.2, 0) is 42.2 Å². The zero-order valence-corrected chi connectivity index (χ0v) is 30.8. The minimum atomic E-state index is -4.73. The number of fused-ring (bicyclic) bond motifs is 3. The predicted molar refractivity (Wildman–Crippen MR) is 191 cm³/mol. The first-order valence-electron chi connectivity index (χ1n) is 18.4. The van der Waals surface area contributed by atoms with E-state index in [0.717, 1.165) is 4.90 Å². The van der Waals surface area contributed by atoms with Crippen LogP contribution in [0.4, 0.5) is 33.7 Å². The van der Waals surface area contributed by atoms with Gasteiger partial charge in [0.1, 0.15) is 47.5 Å². The molecule has 4 N–H and O–H groups in total. The van der Waals surface area contributed by atoms with Crippen molar-refractivity contribution >= 4 is 45.2 Å². The fourth-order valence-corrected chi connectivity index (χ4v) is 9.00. The van der Waals surface area contributed by atoms with Gasteiger partial charge in [-0.1, -0.05) is 37.1 Å². The first-order chi connectivity index (χ1) is 26.5. The van der Waals surface area contributed by atoms with Crippen LogP contribution in [0.1, 0.15) is 68.9 Å². The maximum absolute atomic E-state index is 14.4. The number of hydrogen-bond acceptors (Lipinski definition) is 11. The normalized spacial score (nSPS) is 27.6. The summed E-state index contributed by atoms with van der Waals surface area (Å²) in [6.07, 6.45) is -0.491. The highest BCUT2D eigenvalue weighted by Gasteiger charge is 2.62. The Hall–Kier alpha value is -5.01. The molecule has 1 saturated heterocycles. The van der Waals surface area contributed by atoms with E-state index in [9.17, 15) is 54.7 Å². The van der Waals surface area contributed by atoms with Crippen LogP contribution < -0.4 is 31.5 Å². The SMILES string of the molecule is O=C1N[C@]2(C(=O)NS(=O)(=O)C3CC3)C[C@@H]2/C=C\CCCCC[C@H](Nc2c(NCC(F)(F)F)c(=O)c2=O)C(=O)N2C[C@H](OC(=O)N3Cc4cccc(F)c4C3)C[C@@H]12. The summed E-state index contributed by atoms with van der Waals surface area (Å²) in [4.78, 5) is 82.9. The highest BCUT2D eigenvalue weighted by atomic mass is 32.2. The van der Waals surface area contributed by atoms with Crippen LogP contribution in [0.2, 0.25) is 0 Å². The molecule has 2 saturated carbocycles. The lowest BCUT2D eigenvalue weighted by molar-refractivity contribution is -0.140. The molecule has 0 aromatic heterocycles. The van der Waals surface area contributed by atoms with Gasteiger partial charge in [0, 0.05) is 24.4 Å². The lowest BCUT2D eigenvalue weighted by Gasteiger charge is -2.30. The van der Waals surface area contributed by atoms with Gasteiger partial charge in [0.25, 0.3) is 16.8 Å². The van der Waals surface area contributed by atoms with Crippen molar-refractivity contribution in [1.82, 2.24) is 19.8 Å². The summed E-state index contributed by atoms with van der Waals surface area (Å²) in [5.74, 6) is -3.68. The summed E-state index contributed by atoms with van der Waals surface area (Å²) < 4.78 is 86.8. The van der Waals surface area contributed by atoms with Crippen LogP contribution in [0, 0.1) is 11.7 Å². The van der Waals surface area contributed by atoms with Crippen LogP contribution in [0.3, 0.4) is 0 Å². The summed E-state index contributed by atoms with van der Waals surface area (Å²) in [7, 11) is -4.01. The second-order valence-corrected chi connectivity index (χ2v) is 17.0. The van der Waals surface area contributed by atoms with Crippen LogP contribution in [0.15, 0.2) is 39.9 Å². The average Bonchev–Trinajstić information content (AvgIpc) is 4.02. The minimum Gasteiger partial charge on any atom is -0.444 e. The summed E-state index contributed by atoms with van der Waals surface area (Å²) in [5, 5.41) is 6.53. The standard InChI is InChI=1S/C36H40F4N6O9S/c37-24-9-6-7-19-15-45(17-23(19)24)34(52)55-21-13-26-31(49)43-35(33(51)44-56(53,54)22-11-12-22)14-20(35)8-4-2-1-3-5-10-25(32(50)46(26)16-21)42-28-27(29(47)30(28)48)41-18-36(38,39)40/h4,6-9,20-22,25-26,41-42H,1-3,5,10-18H2,(H,43,49)(H,44,51)/b8-4-/t20-,21+,25-,26-,35+/m0/s1. The number of nitrogens with one attached hydrogen (secondary N) is 4.